The number of para-hydroxylation sites is 1. The zero-order chi connectivity index (χ0) is 20.1. The van der Waals surface area contributed by atoms with Crippen molar-refractivity contribution in [3.63, 3.8) is 0 Å². The SMILES string of the molecule is Cn1nc(CF)cc1C(=O)N1CCc2[nH]cnc2[C@H]1c1nc2c(F)cccc2s1. The van der Waals surface area contributed by atoms with Crippen LogP contribution in [-0.4, -0.2) is 42.1 Å². The third-order valence-electron chi connectivity index (χ3n) is 5.09. The summed E-state index contributed by atoms with van der Waals surface area (Å²) in [5.74, 6) is -0.696. The average Bonchev–Trinajstić information content (AvgIpc) is 3.44. The quantitative estimate of drug-likeness (QED) is 0.559. The van der Waals surface area contributed by atoms with Crippen LogP contribution >= 0.6 is 11.3 Å². The number of hydrogen-bond acceptors (Lipinski definition) is 5. The maximum Gasteiger partial charge on any atom is 0.273 e. The van der Waals surface area contributed by atoms with Crippen molar-refractivity contribution >= 4 is 27.5 Å². The number of thiazole rings is 1. The van der Waals surface area contributed by atoms with E-state index in [1.807, 2.05) is 0 Å². The van der Waals surface area contributed by atoms with E-state index in [4.69, 9.17) is 0 Å². The molecule has 5 rings (SSSR count). The standard InChI is InChI=1S/C19H16F2N6OS/c1-26-13(7-10(8-20)25-26)19(28)27-6-5-12-16(23-9-22-12)17(27)18-24-15-11(21)3-2-4-14(15)29-18/h2-4,7,9,17H,5-6,8H2,1H3,(H,22,23)/t17-/m0/s1. The maximum atomic E-state index is 14.2. The Kier molecular flexibility index (Phi) is 4.16. The minimum Gasteiger partial charge on any atom is -0.348 e. The second-order valence-electron chi connectivity index (χ2n) is 6.83. The molecule has 0 saturated heterocycles. The third kappa shape index (κ3) is 2.82. The highest BCUT2D eigenvalue weighted by Gasteiger charge is 2.37. The van der Waals surface area contributed by atoms with E-state index in [1.165, 1.54) is 28.2 Å². The third-order valence-corrected chi connectivity index (χ3v) is 6.17. The number of amides is 1. The van der Waals surface area contributed by atoms with Crippen molar-refractivity contribution in [3.05, 3.63) is 64.2 Å². The molecule has 10 heteroatoms. The van der Waals surface area contributed by atoms with Gasteiger partial charge in [0.15, 0.2) is 0 Å². The van der Waals surface area contributed by atoms with Crippen molar-refractivity contribution in [1.82, 2.24) is 29.6 Å². The van der Waals surface area contributed by atoms with Crippen molar-refractivity contribution < 1.29 is 13.6 Å². The first kappa shape index (κ1) is 17.9. The number of hydrogen-bond donors (Lipinski definition) is 1. The van der Waals surface area contributed by atoms with Crippen molar-refractivity contribution in [1.29, 1.82) is 0 Å². The first-order valence-electron chi connectivity index (χ1n) is 9.03. The molecule has 0 bridgehead atoms. The summed E-state index contributed by atoms with van der Waals surface area (Å²) < 4.78 is 29.3. The van der Waals surface area contributed by atoms with E-state index in [0.29, 0.717) is 28.4 Å². The van der Waals surface area contributed by atoms with Gasteiger partial charge in [-0.15, -0.1) is 11.3 Å². The van der Waals surface area contributed by atoms with E-state index in [2.05, 4.69) is 20.1 Å². The number of alkyl halides is 1. The molecule has 1 atom stereocenters. The molecule has 0 spiro atoms. The van der Waals surface area contributed by atoms with Gasteiger partial charge in [0.25, 0.3) is 5.91 Å². The second-order valence-corrected chi connectivity index (χ2v) is 7.90. The molecule has 4 aromatic rings. The molecule has 148 valence electrons. The van der Waals surface area contributed by atoms with Gasteiger partial charge < -0.3 is 9.88 Å². The summed E-state index contributed by atoms with van der Waals surface area (Å²) in [7, 11) is 1.61. The van der Waals surface area contributed by atoms with Gasteiger partial charge in [0.2, 0.25) is 0 Å². The first-order valence-corrected chi connectivity index (χ1v) is 9.85. The summed E-state index contributed by atoms with van der Waals surface area (Å²) in [6.45, 7) is -0.321. The summed E-state index contributed by atoms with van der Waals surface area (Å²) in [6, 6.07) is 5.70. The van der Waals surface area contributed by atoms with Crippen LogP contribution in [0.3, 0.4) is 0 Å². The molecule has 4 heterocycles. The molecular weight excluding hydrogens is 398 g/mol. The highest BCUT2D eigenvalue weighted by Crippen LogP contribution is 2.38. The van der Waals surface area contributed by atoms with Crippen LogP contribution in [0.4, 0.5) is 8.78 Å². The number of nitrogens with one attached hydrogen (secondary N) is 1. The van der Waals surface area contributed by atoms with Crippen molar-refractivity contribution in [3.8, 4) is 0 Å². The van der Waals surface area contributed by atoms with Crippen molar-refractivity contribution in [2.45, 2.75) is 19.1 Å². The topological polar surface area (TPSA) is 79.7 Å². The molecule has 0 unspecified atom stereocenters. The molecule has 1 aromatic carbocycles. The molecular formula is C19H16F2N6OS. The van der Waals surface area contributed by atoms with Crippen LogP contribution < -0.4 is 0 Å². The number of rotatable bonds is 3. The Balaban J connectivity index is 1.63. The van der Waals surface area contributed by atoms with Crippen molar-refractivity contribution in [2.24, 2.45) is 7.05 Å². The van der Waals surface area contributed by atoms with E-state index in [1.54, 1.807) is 30.4 Å². The van der Waals surface area contributed by atoms with Gasteiger partial charge >= 0.3 is 0 Å². The fourth-order valence-electron chi connectivity index (χ4n) is 3.73. The normalized spacial score (nSPS) is 16.4. The monoisotopic (exact) mass is 414 g/mol. The first-order chi connectivity index (χ1) is 14.1. The molecule has 1 aliphatic heterocycles. The Labute approximate surface area is 168 Å². The lowest BCUT2D eigenvalue weighted by Crippen LogP contribution is -2.41. The predicted molar refractivity (Wildman–Crippen MR) is 103 cm³/mol. The molecule has 0 radical (unpaired) electrons. The molecule has 7 nitrogen and oxygen atoms in total. The molecule has 0 aliphatic carbocycles. The van der Waals surface area contributed by atoms with Gasteiger partial charge in [-0.3, -0.25) is 9.48 Å². The Morgan fingerprint density at radius 2 is 2.28 bits per heavy atom. The zero-order valence-electron chi connectivity index (χ0n) is 15.4. The van der Waals surface area contributed by atoms with Crippen molar-refractivity contribution in [2.75, 3.05) is 6.54 Å². The predicted octanol–water partition coefficient (Wildman–Crippen LogP) is 3.15. The summed E-state index contributed by atoms with van der Waals surface area (Å²) in [6.07, 6.45) is 2.19. The zero-order valence-corrected chi connectivity index (χ0v) is 16.2. The smallest absolute Gasteiger partial charge is 0.273 e. The molecule has 29 heavy (non-hydrogen) atoms. The lowest BCUT2D eigenvalue weighted by Gasteiger charge is -2.33. The molecule has 1 amide bonds. The van der Waals surface area contributed by atoms with E-state index in [0.717, 1.165) is 5.69 Å². The number of imidazole rings is 1. The largest absolute Gasteiger partial charge is 0.348 e. The Bertz CT molecular complexity index is 1230. The average molecular weight is 414 g/mol. The van der Waals surface area contributed by atoms with Crippen LogP contribution in [0.5, 0.6) is 0 Å². The van der Waals surface area contributed by atoms with E-state index < -0.39 is 18.5 Å². The van der Waals surface area contributed by atoms with Gasteiger partial charge in [0, 0.05) is 25.7 Å². The number of H-pyrrole nitrogens is 1. The fourth-order valence-corrected chi connectivity index (χ4v) is 4.83. The highest BCUT2D eigenvalue weighted by molar-refractivity contribution is 7.18. The van der Waals surface area contributed by atoms with Gasteiger partial charge in [-0.1, -0.05) is 6.07 Å². The highest BCUT2D eigenvalue weighted by atomic mass is 32.1. The summed E-state index contributed by atoms with van der Waals surface area (Å²) in [4.78, 5) is 27.0. The van der Waals surface area contributed by atoms with Gasteiger partial charge in [0.1, 0.15) is 34.8 Å². The number of carbonyl (C=O) groups excluding carboxylic acids is 1. The van der Waals surface area contributed by atoms with Crippen LogP contribution in [0.1, 0.15) is 38.6 Å². The second kappa shape index (κ2) is 6.73. The van der Waals surface area contributed by atoms with Crippen LogP contribution in [0.15, 0.2) is 30.6 Å². The number of halogens is 2. The minimum absolute atomic E-state index is 0.201. The number of benzene rings is 1. The summed E-state index contributed by atoms with van der Waals surface area (Å²) >= 11 is 1.33. The lowest BCUT2D eigenvalue weighted by atomic mass is 10.0. The Hall–Kier alpha value is -3.14. The number of fused-ring (bicyclic) bond motifs is 2. The van der Waals surface area contributed by atoms with Crippen LogP contribution in [0.25, 0.3) is 10.2 Å². The number of aromatic nitrogens is 5. The van der Waals surface area contributed by atoms with Gasteiger partial charge in [-0.2, -0.15) is 5.10 Å². The Morgan fingerprint density at radius 1 is 1.41 bits per heavy atom. The fraction of sp³-hybridized carbons (Fsp3) is 0.263. The molecule has 0 saturated carbocycles. The molecule has 1 N–H and O–H groups in total. The number of aryl methyl sites for hydroxylation is 1. The summed E-state index contributed by atoms with van der Waals surface area (Å²) in [5, 5.41) is 4.62. The maximum absolute atomic E-state index is 14.2. The van der Waals surface area contributed by atoms with E-state index in [9.17, 15) is 13.6 Å². The Morgan fingerprint density at radius 3 is 3.03 bits per heavy atom. The number of nitrogens with zero attached hydrogens (tertiary/aromatic N) is 5. The van der Waals surface area contributed by atoms with E-state index >= 15 is 0 Å². The lowest BCUT2D eigenvalue weighted by molar-refractivity contribution is 0.0679. The van der Waals surface area contributed by atoms with Gasteiger partial charge in [-0.25, -0.2) is 18.7 Å². The van der Waals surface area contributed by atoms with Gasteiger partial charge in [0.05, 0.1) is 22.4 Å². The number of carbonyl (C=O) groups is 1. The van der Waals surface area contributed by atoms with Crippen LogP contribution in [0.2, 0.25) is 0 Å². The van der Waals surface area contributed by atoms with Gasteiger partial charge in [-0.05, 0) is 18.2 Å². The summed E-state index contributed by atoms with van der Waals surface area (Å²) in [5.41, 5.74) is 2.38. The van der Waals surface area contributed by atoms with Crippen LogP contribution in [0, 0.1) is 5.82 Å². The molecule has 3 aromatic heterocycles. The van der Waals surface area contributed by atoms with E-state index in [-0.39, 0.29) is 22.8 Å². The number of aromatic amines is 1. The minimum atomic E-state index is -0.745. The molecule has 0 fully saturated rings. The van der Waals surface area contributed by atoms with Crippen LogP contribution in [-0.2, 0) is 20.1 Å². The molecule has 1 aliphatic rings.